The molecule has 2 aliphatic rings. The highest BCUT2D eigenvalue weighted by Crippen LogP contribution is 2.41. The summed E-state index contributed by atoms with van der Waals surface area (Å²) < 4.78 is 12.0. The van der Waals surface area contributed by atoms with Gasteiger partial charge in [-0.25, -0.2) is 0 Å². The molecule has 1 fully saturated rings. The molecule has 5 heteroatoms. The molecule has 1 spiro atoms. The van der Waals surface area contributed by atoms with Crippen LogP contribution in [0.4, 0.5) is 0 Å². The Morgan fingerprint density at radius 3 is 3.12 bits per heavy atom. The number of aldehydes is 1. The molecule has 0 amide bonds. The van der Waals surface area contributed by atoms with Gasteiger partial charge in [-0.1, -0.05) is 22.0 Å². The zero-order chi connectivity index (χ0) is 11.2. The number of fused-ring (bicyclic) bond motifs is 2. The maximum atomic E-state index is 10.7. The van der Waals surface area contributed by atoms with Crippen molar-refractivity contribution in [3.8, 4) is 5.75 Å². The highest BCUT2D eigenvalue weighted by atomic mass is 79.9. The van der Waals surface area contributed by atoms with Crippen molar-refractivity contribution in [1.29, 1.82) is 0 Å². The van der Waals surface area contributed by atoms with E-state index >= 15 is 0 Å². The third-order valence-electron chi connectivity index (χ3n) is 2.98. The average Bonchev–Trinajstić information content (AvgIpc) is 2.85. The summed E-state index contributed by atoms with van der Waals surface area (Å²) in [5, 5.41) is 3.16. The van der Waals surface area contributed by atoms with Crippen molar-refractivity contribution >= 4 is 22.2 Å². The minimum Gasteiger partial charge on any atom is -0.491 e. The van der Waals surface area contributed by atoms with E-state index in [1.54, 1.807) is 0 Å². The summed E-state index contributed by atoms with van der Waals surface area (Å²) in [4.78, 5) is 10.7. The SMILES string of the molecule is O=CC1NC2(COc3cc(Br)ccc32)CO1. The molecule has 1 aromatic rings. The van der Waals surface area contributed by atoms with Crippen molar-refractivity contribution in [1.82, 2.24) is 5.32 Å². The van der Waals surface area contributed by atoms with E-state index in [4.69, 9.17) is 9.47 Å². The van der Waals surface area contributed by atoms with Gasteiger partial charge in [0.15, 0.2) is 12.5 Å². The standard InChI is InChI=1S/C11H10BrNO3/c12-7-1-2-8-9(3-7)15-5-11(8)6-16-10(4-14)13-11/h1-4,10,13H,5-6H2. The van der Waals surface area contributed by atoms with E-state index in [-0.39, 0.29) is 5.54 Å². The third-order valence-corrected chi connectivity index (χ3v) is 3.48. The quantitative estimate of drug-likeness (QED) is 0.787. The number of carbonyl (C=O) groups is 1. The van der Waals surface area contributed by atoms with Crippen LogP contribution in [0.3, 0.4) is 0 Å². The van der Waals surface area contributed by atoms with E-state index in [0.717, 1.165) is 22.1 Å². The molecular formula is C11H10BrNO3. The Labute approximate surface area is 101 Å². The van der Waals surface area contributed by atoms with Crippen LogP contribution in [0, 0.1) is 0 Å². The van der Waals surface area contributed by atoms with Gasteiger partial charge in [0.05, 0.1) is 6.61 Å². The highest BCUT2D eigenvalue weighted by molar-refractivity contribution is 9.10. The van der Waals surface area contributed by atoms with E-state index in [9.17, 15) is 4.79 Å². The lowest BCUT2D eigenvalue weighted by atomic mass is 9.94. The van der Waals surface area contributed by atoms with Gasteiger partial charge in [-0.05, 0) is 12.1 Å². The number of benzene rings is 1. The summed E-state index contributed by atoms with van der Waals surface area (Å²) in [5.74, 6) is 0.844. The molecule has 4 nitrogen and oxygen atoms in total. The van der Waals surface area contributed by atoms with Crippen LogP contribution < -0.4 is 10.1 Å². The fourth-order valence-corrected chi connectivity index (χ4v) is 2.53. The Hall–Kier alpha value is -0.910. The fourth-order valence-electron chi connectivity index (χ4n) is 2.19. The second-order valence-corrected chi connectivity index (χ2v) is 4.94. The van der Waals surface area contributed by atoms with Gasteiger partial charge >= 0.3 is 0 Å². The molecule has 0 aromatic heterocycles. The molecule has 0 radical (unpaired) electrons. The monoisotopic (exact) mass is 283 g/mol. The fraction of sp³-hybridized carbons (Fsp3) is 0.364. The Balaban J connectivity index is 2.00. The number of ether oxygens (including phenoxy) is 2. The lowest BCUT2D eigenvalue weighted by Crippen LogP contribution is -2.44. The van der Waals surface area contributed by atoms with Gasteiger partial charge in [-0.2, -0.15) is 0 Å². The second kappa shape index (κ2) is 3.55. The Kier molecular flexibility index (Phi) is 2.27. The molecule has 3 rings (SSSR count). The van der Waals surface area contributed by atoms with E-state index in [1.165, 1.54) is 0 Å². The van der Waals surface area contributed by atoms with Crippen LogP contribution in [0.2, 0.25) is 0 Å². The normalized spacial score (nSPS) is 31.4. The van der Waals surface area contributed by atoms with Crippen molar-refractivity contribution in [3.05, 3.63) is 28.2 Å². The van der Waals surface area contributed by atoms with Crippen molar-refractivity contribution in [3.63, 3.8) is 0 Å². The Morgan fingerprint density at radius 2 is 2.38 bits per heavy atom. The molecule has 1 N–H and O–H groups in total. The number of rotatable bonds is 1. The predicted molar refractivity (Wildman–Crippen MR) is 60.3 cm³/mol. The van der Waals surface area contributed by atoms with Crippen LogP contribution >= 0.6 is 15.9 Å². The zero-order valence-corrected chi connectivity index (χ0v) is 9.99. The summed E-state index contributed by atoms with van der Waals surface area (Å²) >= 11 is 3.40. The van der Waals surface area contributed by atoms with Gasteiger partial charge < -0.3 is 9.47 Å². The van der Waals surface area contributed by atoms with Crippen molar-refractivity contribution in [2.75, 3.05) is 13.2 Å². The van der Waals surface area contributed by atoms with Gasteiger partial charge in [0.2, 0.25) is 0 Å². The van der Waals surface area contributed by atoms with E-state index in [0.29, 0.717) is 13.2 Å². The number of hydrogen-bond donors (Lipinski definition) is 1. The average molecular weight is 284 g/mol. The number of carbonyl (C=O) groups excluding carboxylic acids is 1. The number of nitrogens with one attached hydrogen (secondary N) is 1. The minimum absolute atomic E-state index is 0.360. The topological polar surface area (TPSA) is 47.6 Å². The lowest BCUT2D eigenvalue weighted by Gasteiger charge is -2.20. The smallest absolute Gasteiger partial charge is 0.165 e. The molecule has 2 atom stereocenters. The zero-order valence-electron chi connectivity index (χ0n) is 8.40. The van der Waals surface area contributed by atoms with Crippen LogP contribution in [0.5, 0.6) is 5.75 Å². The van der Waals surface area contributed by atoms with Crippen LogP contribution in [-0.2, 0) is 15.1 Å². The van der Waals surface area contributed by atoms with E-state index in [2.05, 4.69) is 21.2 Å². The van der Waals surface area contributed by atoms with Gasteiger partial charge in [0, 0.05) is 10.0 Å². The number of hydrogen-bond acceptors (Lipinski definition) is 4. The maximum absolute atomic E-state index is 10.7. The van der Waals surface area contributed by atoms with Gasteiger partial charge in [0.25, 0.3) is 0 Å². The van der Waals surface area contributed by atoms with Crippen molar-refractivity contribution in [2.24, 2.45) is 0 Å². The molecule has 0 aliphatic carbocycles. The Morgan fingerprint density at radius 1 is 1.50 bits per heavy atom. The molecule has 2 heterocycles. The highest BCUT2D eigenvalue weighted by Gasteiger charge is 2.47. The molecule has 1 saturated heterocycles. The summed E-state index contributed by atoms with van der Waals surface area (Å²) in [5.41, 5.74) is 0.696. The lowest BCUT2D eigenvalue weighted by molar-refractivity contribution is -0.116. The van der Waals surface area contributed by atoms with Crippen LogP contribution in [-0.4, -0.2) is 25.7 Å². The first kappa shape index (κ1) is 10.3. The maximum Gasteiger partial charge on any atom is 0.165 e. The minimum atomic E-state index is -0.529. The molecule has 16 heavy (non-hydrogen) atoms. The summed E-state index contributed by atoms with van der Waals surface area (Å²) in [6.07, 6.45) is 0.240. The molecule has 2 aliphatic heterocycles. The summed E-state index contributed by atoms with van der Waals surface area (Å²) in [6.45, 7) is 0.966. The van der Waals surface area contributed by atoms with Crippen LogP contribution in [0.1, 0.15) is 5.56 Å². The first-order valence-corrected chi connectivity index (χ1v) is 5.80. The van der Waals surface area contributed by atoms with Gasteiger partial charge in [0.1, 0.15) is 17.9 Å². The van der Waals surface area contributed by atoms with Gasteiger partial charge in [-0.15, -0.1) is 0 Å². The summed E-state index contributed by atoms with van der Waals surface area (Å²) in [6, 6.07) is 5.89. The molecular weight excluding hydrogens is 274 g/mol. The molecule has 2 unspecified atom stereocenters. The molecule has 84 valence electrons. The van der Waals surface area contributed by atoms with Crippen LogP contribution in [0.15, 0.2) is 22.7 Å². The molecule has 0 bridgehead atoms. The van der Waals surface area contributed by atoms with Crippen molar-refractivity contribution < 1.29 is 14.3 Å². The Bertz CT molecular complexity index is 451. The van der Waals surface area contributed by atoms with Crippen LogP contribution in [0.25, 0.3) is 0 Å². The third kappa shape index (κ3) is 1.39. The second-order valence-electron chi connectivity index (χ2n) is 4.02. The molecule has 1 aromatic carbocycles. The van der Waals surface area contributed by atoms with E-state index in [1.807, 2.05) is 18.2 Å². The predicted octanol–water partition coefficient (Wildman–Crippen LogP) is 1.18. The number of halogens is 1. The van der Waals surface area contributed by atoms with Crippen molar-refractivity contribution in [2.45, 2.75) is 11.8 Å². The first-order chi connectivity index (χ1) is 7.73. The summed E-state index contributed by atoms with van der Waals surface area (Å²) in [7, 11) is 0. The van der Waals surface area contributed by atoms with Gasteiger partial charge in [-0.3, -0.25) is 10.1 Å². The first-order valence-electron chi connectivity index (χ1n) is 5.01. The largest absolute Gasteiger partial charge is 0.491 e. The van der Waals surface area contributed by atoms with E-state index < -0.39 is 6.23 Å². The molecule has 0 saturated carbocycles.